The third-order valence-electron chi connectivity index (χ3n) is 6.00. The van der Waals surface area contributed by atoms with E-state index in [4.69, 9.17) is 4.74 Å². The van der Waals surface area contributed by atoms with Crippen LogP contribution in [0.2, 0.25) is 0 Å². The molecule has 43 heavy (non-hydrogen) atoms. The van der Waals surface area contributed by atoms with E-state index in [1.807, 2.05) is 0 Å². The highest BCUT2D eigenvalue weighted by Crippen LogP contribution is 2.27. The fourth-order valence-corrected chi connectivity index (χ4v) is 5.17. The second-order valence-electron chi connectivity index (χ2n) is 9.24. The van der Waals surface area contributed by atoms with Crippen molar-refractivity contribution in [2.75, 3.05) is 28.3 Å². The molecular weight excluding hydrogens is 589 g/mol. The van der Waals surface area contributed by atoms with E-state index in [-0.39, 0.29) is 40.0 Å². The zero-order valence-electron chi connectivity index (χ0n) is 23.5. The molecule has 14 heteroatoms. The summed E-state index contributed by atoms with van der Waals surface area (Å²) in [4.78, 5) is 36.6. The first-order valence-corrected chi connectivity index (χ1v) is 14.8. The summed E-state index contributed by atoms with van der Waals surface area (Å²) in [7, 11) is -3.69. The molecule has 0 heterocycles. The molecule has 1 unspecified atom stereocenters. The monoisotopic (exact) mass is 620 g/mol. The second-order valence-corrected chi connectivity index (χ2v) is 11.5. The van der Waals surface area contributed by atoms with Gasteiger partial charge < -0.3 is 26.0 Å². The van der Waals surface area contributed by atoms with Crippen LogP contribution >= 0.6 is 0 Å². The lowest BCUT2D eigenvalue weighted by Gasteiger charge is -2.22. The normalized spacial score (nSPS) is 12.1. The number of halogens is 3. The van der Waals surface area contributed by atoms with Crippen molar-refractivity contribution in [2.45, 2.75) is 44.4 Å². The summed E-state index contributed by atoms with van der Waals surface area (Å²) in [6.07, 6.45) is -5.09. The maximum absolute atomic E-state index is 13.6. The van der Waals surface area contributed by atoms with Crippen LogP contribution < -0.4 is 26.0 Å². The van der Waals surface area contributed by atoms with Crippen molar-refractivity contribution < 1.29 is 40.7 Å². The topological polar surface area (TPSA) is 143 Å². The van der Waals surface area contributed by atoms with E-state index in [1.54, 1.807) is 36.5 Å². The molecule has 0 aromatic heterocycles. The predicted octanol–water partition coefficient (Wildman–Crippen LogP) is 4.81. The Hall–Kier alpha value is -4.59. The number of carbonyl (C=O) groups excluding carboxylic acids is 3. The van der Waals surface area contributed by atoms with Crippen LogP contribution in [0.25, 0.3) is 0 Å². The van der Waals surface area contributed by atoms with Crippen molar-refractivity contribution in [1.82, 2.24) is 5.32 Å². The van der Waals surface area contributed by atoms with Gasteiger partial charge in [-0.1, -0.05) is 25.1 Å². The van der Waals surface area contributed by atoms with Crippen LogP contribution in [0.1, 0.15) is 37.9 Å². The van der Waals surface area contributed by atoms with E-state index in [0.717, 1.165) is 0 Å². The maximum Gasteiger partial charge on any atom is 0.471 e. The quantitative estimate of drug-likeness (QED) is 0.228. The van der Waals surface area contributed by atoms with Crippen molar-refractivity contribution >= 4 is 44.6 Å². The third-order valence-corrected chi connectivity index (χ3v) is 7.83. The van der Waals surface area contributed by atoms with Gasteiger partial charge in [-0.25, -0.2) is 8.42 Å². The van der Waals surface area contributed by atoms with Gasteiger partial charge in [0.2, 0.25) is 11.8 Å². The molecule has 3 aromatic carbocycles. The van der Waals surface area contributed by atoms with Crippen LogP contribution in [0.15, 0.2) is 71.6 Å². The van der Waals surface area contributed by atoms with Gasteiger partial charge in [0.05, 0.1) is 17.3 Å². The number of nitrogens with one attached hydrogen (secondary N) is 4. The van der Waals surface area contributed by atoms with Crippen LogP contribution in [0, 0.1) is 0 Å². The Morgan fingerprint density at radius 2 is 1.56 bits per heavy atom. The summed E-state index contributed by atoms with van der Waals surface area (Å²) in [6, 6.07) is 15.1. The SMILES string of the molecule is CCOc1cccc(C(Nc2cccc(NC(=O)C(F)(F)F)c2)C(=O)NCc2cc(NC(C)=O)ccc2S(=O)(=O)CC)c1. The van der Waals surface area contributed by atoms with Crippen LogP contribution in [-0.2, 0) is 30.8 Å². The van der Waals surface area contributed by atoms with Gasteiger partial charge in [0.1, 0.15) is 11.8 Å². The van der Waals surface area contributed by atoms with Crippen LogP contribution in [0.4, 0.5) is 30.2 Å². The number of benzene rings is 3. The van der Waals surface area contributed by atoms with Crippen molar-refractivity contribution in [3.63, 3.8) is 0 Å². The Morgan fingerprint density at radius 3 is 2.21 bits per heavy atom. The third kappa shape index (κ3) is 9.20. The first-order valence-electron chi connectivity index (χ1n) is 13.1. The number of rotatable bonds is 12. The summed E-state index contributed by atoms with van der Waals surface area (Å²) in [5.74, 6) is -2.85. The minimum absolute atomic E-state index is 0.0136. The van der Waals surface area contributed by atoms with Gasteiger partial charge in [0, 0.05) is 30.5 Å². The largest absolute Gasteiger partial charge is 0.494 e. The lowest BCUT2D eigenvalue weighted by Crippen LogP contribution is -2.33. The lowest BCUT2D eigenvalue weighted by molar-refractivity contribution is -0.167. The molecule has 4 N–H and O–H groups in total. The molecule has 3 aromatic rings. The minimum atomic E-state index is -5.09. The zero-order chi connectivity index (χ0) is 31.8. The minimum Gasteiger partial charge on any atom is -0.494 e. The summed E-state index contributed by atoms with van der Waals surface area (Å²) in [5, 5.41) is 10.0. The molecular formula is C29H31F3N4O6S. The number of ether oxygens (including phenoxy) is 1. The molecule has 1 atom stereocenters. The van der Waals surface area contributed by atoms with Gasteiger partial charge in [0.25, 0.3) is 0 Å². The molecule has 0 bridgehead atoms. The van der Waals surface area contributed by atoms with Gasteiger partial charge >= 0.3 is 12.1 Å². The molecule has 0 fully saturated rings. The summed E-state index contributed by atoms with van der Waals surface area (Å²) in [6.45, 7) is 4.69. The molecule has 0 aliphatic rings. The van der Waals surface area contributed by atoms with E-state index >= 15 is 0 Å². The molecule has 0 saturated heterocycles. The summed E-state index contributed by atoms with van der Waals surface area (Å²) in [5.41, 5.74) is 1.06. The Labute approximate surface area is 246 Å². The van der Waals surface area contributed by atoms with Gasteiger partial charge in [0.15, 0.2) is 9.84 Å². The number of carbonyl (C=O) groups is 3. The van der Waals surface area contributed by atoms with E-state index < -0.39 is 33.9 Å². The Balaban J connectivity index is 1.95. The van der Waals surface area contributed by atoms with Crippen LogP contribution in [0.3, 0.4) is 0 Å². The molecule has 10 nitrogen and oxygen atoms in total. The lowest BCUT2D eigenvalue weighted by atomic mass is 10.0. The standard InChI is InChI=1S/C29H31F3N4O6S/c1-4-42-24-11-6-8-19(15-24)26(35-21-9-7-10-22(16-21)36-28(39)29(30,31)32)27(38)33-17-20-14-23(34-18(3)37)12-13-25(20)43(40,41)5-2/h6-16,26,35H,4-5,17H2,1-3H3,(H,33,38)(H,34,37)(H,36,39). The zero-order valence-corrected chi connectivity index (χ0v) is 24.4. The molecule has 3 rings (SSSR count). The van der Waals surface area contributed by atoms with E-state index in [1.165, 1.54) is 56.3 Å². The van der Waals surface area contributed by atoms with Crippen LogP contribution in [0.5, 0.6) is 5.75 Å². The van der Waals surface area contributed by atoms with Crippen LogP contribution in [-0.4, -0.2) is 44.7 Å². The molecule has 0 radical (unpaired) electrons. The number of sulfone groups is 1. The molecule has 0 aliphatic heterocycles. The van der Waals surface area contributed by atoms with E-state index in [0.29, 0.717) is 23.6 Å². The number of hydrogen-bond donors (Lipinski definition) is 4. The average molecular weight is 621 g/mol. The summed E-state index contributed by atoms with van der Waals surface area (Å²) >= 11 is 0. The van der Waals surface area contributed by atoms with Gasteiger partial charge in [-0.15, -0.1) is 0 Å². The van der Waals surface area contributed by atoms with Crippen molar-refractivity contribution in [1.29, 1.82) is 0 Å². The van der Waals surface area contributed by atoms with E-state index in [9.17, 15) is 36.0 Å². The fraction of sp³-hybridized carbons (Fsp3) is 0.276. The van der Waals surface area contributed by atoms with Gasteiger partial charge in [-0.05, 0) is 66.6 Å². The number of hydrogen-bond acceptors (Lipinski definition) is 7. The Bertz CT molecular complexity index is 1600. The molecule has 3 amide bonds. The van der Waals surface area contributed by atoms with E-state index in [2.05, 4.69) is 16.0 Å². The highest BCUT2D eigenvalue weighted by atomic mass is 32.2. The average Bonchev–Trinajstić information content (AvgIpc) is 2.94. The summed E-state index contributed by atoms with van der Waals surface area (Å²) < 4.78 is 69.3. The molecule has 230 valence electrons. The first-order chi connectivity index (χ1) is 20.2. The molecule has 0 saturated carbocycles. The van der Waals surface area contributed by atoms with Gasteiger partial charge in [-0.2, -0.15) is 13.2 Å². The molecule has 0 aliphatic carbocycles. The Morgan fingerprint density at radius 1 is 0.884 bits per heavy atom. The Kier molecular flexibility index (Phi) is 10.8. The first kappa shape index (κ1) is 32.9. The highest BCUT2D eigenvalue weighted by Gasteiger charge is 2.38. The van der Waals surface area contributed by atoms with Crippen molar-refractivity contribution in [3.8, 4) is 5.75 Å². The second kappa shape index (κ2) is 14.1. The van der Waals surface area contributed by atoms with Crippen molar-refractivity contribution in [3.05, 3.63) is 77.9 Å². The number of anilines is 3. The number of amides is 3. The van der Waals surface area contributed by atoms with Crippen molar-refractivity contribution in [2.24, 2.45) is 0 Å². The molecule has 0 spiro atoms. The predicted molar refractivity (Wildman–Crippen MR) is 155 cm³/mol. The van der Waals surface area contributed by atoms with Gasteiger partial charge in [-0.3, -0.25) is 14.4 Å². The number of alkyl halides is 3. The maximum atomic E-state index is 13.6. The highest BCUT2D eigenvalue weighted by molar-refractivity contribution is 7.91. The smallest absolute Gasteiger partial charge is 0.471 e. The fourth-order valence-electron chi connectivity index (χ4n) is 4.05.